The van der Waals surface area contributed by atoms with E-state index >= 15 is 0 Å². The molecule has 7 fully saturated rings. The Balaban J connectivity index is 1.11. The summed E-state index contributed by atoms with van der Waals surface area (Å²) in [6.07, 6.45) is 1.33. The van der Waals surface area contributed by atoms with E-state index < -0.39 is 22.7 Å². The number of aromatic nitrogens is 2. The van der Waals surface area contributed by atoms with E-state index in [-0.39, 0.29) is 35.5 Å². The lowest BCUT2D eigenvalue weighted by atomic mass is 9.41. The summed E-state index contributed by atoms with van der Waals surface area (Å²) in [5, 5.41) is 4.07. The zero-order valence-corrected chi connectivity index (χ0v) is 21.9. The van der Waals surface area contributed by atoms with Gasteiger partial charge in [-0.25, -0.2) is 4.39 Å². The lowest BCUT2D eigenvalue weighted by molar-refractivity contribution is -0.211. The molecule has 37 heavy (non-hydrogen) atoms. The molecule has 5 nitrogen and oxygen atoms in total. The number of alkyl halides is 4. The van der Waals surface area contributed by atoms with E-state index in [1.54, 1.807) is 0 Å². The first-order valence-corrected chi connectivity index (χ1v) is 13.9. The van der Waals surface area contributed by atoms with Crippen molar-refractivity contribution in [2.45, 2.75) is 93.3 Å². The van der Waals surface area contributed by atoms with Gasteiger partial charge in [0.2, 0.25) is 11.8 Å². The first-order valence-electron chi connectivity index (χ1n) is 13.1. The fraction of sp³-hybridized carbons (Fsp3) is 0.667. The number of anilines is 1. The molecular weight excluding hydrogens is 554 g/mol. The maximum atomic E-state index is 14.3. The Hall–Kier alpha value is -1.97. The molecule has 1 heterocycles. The van der Waals surface area contributed by atoms with Crippen LogP contribution in [-0.2, 0) is 15.6 Å². The summed E-state index contributed by atoms with van der Waals surface area (Å²) < 4.78 is 61.1. The third-order valence-corrected chi connectivity index (χ3v) is 10.8. The summed E-state index contributed by atoms with van der Waals surface area (Å²) in [6, 6.07) is 7.70. The molecule has 1 aromatic carbocycles. The molecule has 1 aromatic heterocycles. The SMILES string of the molecule is O=C(N(CC12CCC(c3noc(C4(C(F)(F)F)CC4)n3)(CC1)CC2)c1cccc(Br)c1)C12CC(F)(C1)C2. The highest BCUT2D eigenvalue weighted by atomic mass is 79.9. The maximum Gasteiger partial charge on any atom is 0.403 e. The van der Waals surface area contributed by atoms with Crippen LogP contribution in [0.4, 0.5) is 23.2 Å². The summed E-state index contributed by atoms with van der Waals surface area (Å²) in [7, 11) is 0. The molecule has 1 amide bonds. The van der Waals surface area contributed by atoms with E-state index in [1.165, 1.54) is 0 Å². The van der Waals surface area contributed by atoms with Gasteiger partial charge in [0.05, 0.1) is 5.41 Å². The summed E-state index contributed by atoms with van der Waals surface area (Å²) >= 11 is 3.52. The van der Waals surface area contributed by atoms with Crippen LogP contribution in [0.15, 0.2) is 33.3 Å². The highest BCUT2D eigenvalue weighted by molar-refractivity contribution is 9.10. The summed E-state index contributed by atoms with van der Waals surface area (Å²) in [4.78, 5) is 20.0. The van der Waals surface area contributed by atoms with E-state index in [4.69, 9.17) is 4.52 Å². The van der Waals surface area contributed by atoms with Crippen molar-refractivity contribution in [3.05, 3.63) is 40.5 Å². The third kappa shape index (κ3) is 3.42. The molecule has 0 N–H and O–H groups in total. The van der Waals surface area contributed by atoms with Crippen molar-refractivity contribution >= 4 is 27.5 Å². The Kier molecular flexibility index (Phi) is 4.79. The Morgan fingerprint density at radius 3 is 2.22 bits per heavy atom. The molecule has 0 radical (unpaired) electrons. The molecule has 0 atom stereocenters. The first-order chi connectivity index (χ1) is 17.4. The molecule has 7 aliphatic rings. The number of benzene rings is 1. The quantitative estimate of drug-likeness (QED) is 0.346. The highest BCUT2D eigenvalue weighted by Gasteiger charge is 2.74. The van der Waals surface area contributed by atoms with Gasteiger partial charge < -0.3 is 9.42 Å². The Morgan fingerprint density at radius 1 is 1.03 bits per heavy atom. The van der Waals surface area contributed by atoms with E-state index in [9.17, 15) is 22.4 Å². The van der Waals surface area contributed by atoms with Gasteiger partial charge >= 0.3 is 6.18 Å². The third-order valence-electron chi connectivity index (χ3n) is 10.3. The Morgan fingerprint density at radius 2 is 1.68 bits per heavy atom. The number of nitrogens with zero attached hydrogens (tertiary/aromatic N) is 3. The largest absolute Gasteiger partial charge is 0.403 e. The van der Waals surface area contributed by atoms with Crippen molar-refractivity contribution in [1.82, 2.24) is 10.1 Å². The Labute approximate surface area is 220 Å². The number of hydrogen-bond acceptors (Lipinski definition) is 4. The predicted molar refractivity (Wildman–Crippen MR) is 130 cm³/mol. The van der Waals surface area contributed by atoms with Gasteiger partial charge in [-0.05, 0) is 94.2 Å². The van der Waals surface area contributed by atoms with Crippen LogP contribution in [0.1, 0.15) is 82.3 Å². The number of rotatable bonds is 6. The van der Waals surface area contributed by atoms with Gasteiger partial charge in [-0.1, -0.05) is 27.2 Å². The molecule has 2 aromatic rings. The van der Waals surface area contributed by atoms with Crippen molar-refractivity contribution in [3.8, 4) is 0 Å². The van der Waals surface area contributed by atoms with Crippen LogP contribution in [0.25, 0.3) is 0 Å². The fourth-order valence-corrected chi connectivity index (χ4v) is 8.04. The second kappa shape index (κ2) is 7.36. The molecule has 4 bridgehead atoms. The maximum absolute atomic E-state index is 14.3. The van der Waals surface area contributed by atoms with E-state index in [2.05, 4.69) is 26.1 Å². The molecule has 198 valence electrons. The van der Waals surface area contributed by atoms with Crippen LogP contribution in [0.2, 0.25) is 0 Å². The van der Waals surface area contributed by atoms with Gasteiger partial charge in [0.1, 0.15) is 11.1 Å². The molecule has 10 heteroatoms. The summed E-state index contributed by atoms with van der Waals surface area (Å²) in [5.74, 6) is 0.141. The van der Waals surface area contributed by atoms with Crippen LogP contribution in [-0.4, -0.2) is 34.4 Å². The molecule has 7 saturated carbocycles. The minimum absolute atomic E-state index is 0.00126. The number of carbonyl (C=O) groups is 1. The minimum Gasteiger partial charge on any atom is -0.338 e. The smallest absolute Gasteiger partial charge is 0.338 e. The standard InChI is InChI=1S/C27H28BrF4N3O2/c28-17-2-1-3-18(12-17)35(21(36)24-13-25(29,14-24)15-24)16-22-4-7-23(8-5-22,9-6-22)19-33-20(37-34-19)26(10-11-26)27(30,31)32/h1-3,12H,4-11,13-16H2. The number of carbonyl (C=O) groups excluding carboxylic acids is 1. The van der Waals surface area contributed by atoms with Gasteiger partial charge in [-0.15, -0.1) is 0 Å². The molecule has 0 aliphatic heterocycles. The van der Waals surface area contributed by atoms with Crippen molar-refractivity contribution in [2.75, 3.05) is 11.4 Å². The van der Waals surface area contributed by atoms with E-state index in [0.29, 0.717) is 31.6 Å². The predicted octanol–water partition coefficient (Wildman–Crippen LogP) is 6.94. The van der Waals surface area contributed by atoms with Crippen LogP contribution in [0.5, 0.6) is 0 Å². The average Bonchev–Trinajstić information content (AvgIpc) is 3.51. The normalized spacial score (nSPS) is 37.0. The second-order valence-electron chi connectivity index (χ2n) is 12.6. The van der Waals surface area contributed by atoms with Crippen LogP contribution >= 0.6 is 15.9 Å². The van der Waals surface area contributed by atoms with Gasteiger partial charge in [0.25, 0.3) is 0 Å². The van der Waals surface area contributed by atoms with Gasteiger partial charge in [-0.3, -0.25) is 4.79 Å². The van der Waals surface area contributed by atoms with Gasteiger partial charge in [0, 0.05) is 22.1 Å². The zero-order valence-electron chi connectivity index (χ0n) is 20.3. The van der Waals surface area contributed by atoms with E-state index in [0.717, 1.165) is 48.7 Å². The molecular formula is C27H28BrF4N3O2. The Bertz CT molecular complexity index is 1240. The molecule has 9 rings (SSSR count). The molecule has 0 saturated heterocycles. The minimum atomic E-state index is -4.38. The number of hydrogen-bond donors (Lipinski definition) is 0. The van der Waals surface area contributed by atoms with Crippen LogP contribution in [0, 0.1) is 10.8 Å². The van der Waals surface area contributed by atoms with Crippen LogP contribution in [0.3, 0.4) is 0 Å². The molecule has 0 spiro atoms. The van der Waals surface area contributed by atoms with Crippen molar-refractivity contribution in [2.24, 2.45) is 10.8 Å². The fourth-order valence-electron chi connectivity index (χ4n) is 7.65. The lowest BCUT2D eigenvalue weighted by Crippen LogP contribution is -2.71. The molecule has 0 unspecified atom stereocenters. The summed E-state index contributed by atoms with van der Waals surface area (Å²) in [5.41, 5.74) is -3.33. The van der Waals surface area contributed by atoms with Crippen molar-refractivity contribution in [1.29, 1.82) is 0 Å². The lowest BCUT2D eigenvalue weighted by Gasteiger charge is -2.65. The summed E-state index contributed by atoms with van der Waals surface area (Å²) in [6.45, 7) is 0.564. The second-order valence-corrected chi connectivity index (χ2v) is 13.5. The van der Waals surface area contributed by atoms with E-state index in [1.807, 2.05) is 29.2 Å². The highest BCUT2D eigenvalue weighted by Crippen LogP contribution is 2.70. The van der Waals surface area contributed by atoms with Crippen molar-refractivity contribution < 1.29 is 26.9 Å². The number of amides is 1. The van der Waals surface area contributed by atoms with Gasteiger partial charge in [0.15, 0.2) is 5.82 Å². The molecule has 7 aliphatic carbocycles. The first kappa shape index (κ1) is 24.1. The average molecular weight is 582 g/mol. The monoisotopic (exact) mass is 581 g/mol. The number of fused-ring (bicyclic) bond motifs is 3. The zero-order chi connectivity index (χ0) is 25.9. The number of halogens is 5. The van der Waals surface area contributed by atoms with Crippen LogP contribution < -0.4 is 4.90 Å². The van der Waals surface area contributed by atoms with Gasteiger partial charge in [-0.2, -0.15) is 18.2 Å². The topological polar surface area (TPSA) is 59.2 Å². The van der Waals surface area contributed by atoms with Crippen molar-refractivity contribution in [3.63, 3.8) is 0 Å².